The van der Waals surface area contributed by atoms with E-state index in [-0.39, 0.29) is 11.0 Å². The van der Waals surface area contributed by atoms with Crippen molar-refractivity contribution in [2.24, 2.45) is 0 Å². The molecule has 116 valence electrons. The van der Waals surface area contributed by atoms with Crippen molar-refractivity contribution in [3.05, 3.63) is 29.1 Å². The van der Waals surface area contributed by atoms with Gasteiger partial charge in [0.05, 0.1) is 16.8 Å². The summed E-state index contributed by atoms with van der Waals surface area (Å²) in [7, 11) is -0.883. The van der Waals surface area contributed by atoms with E-state index < -0.39 is 35.9 Å². The second kappa shape index (κ2) is 4.71. The first kappa shape index (κ1) is 16.3. The topological polar surface area (TPSA) is 18.5 Å². The molecule has 0 unspecified atom stereocenters. The fraction of sp³-hybridized carbons (Fsp3) is 0.571. The number of halogens is 4. The minimum absolute atomic E-state index is 0.108. The van der Waals surface area contributed by atoms with E-state index in [0.717, 1.165) is 6.07 Å². The van der Waals surface area contributed by atoms with Crippen molar-refractivity contribution in [2.45, 2.75) is 52.0 Å². The summed E-state index contributed by atoms with van der Waals surface area (Å²) in [6, 6.07) is 1.94. The Balaban J connectivity index is 2.43. The Bertz CT molecular complexity index is 551. The third-order valence-corrected chi connectivity index (χ3v) is 4.24. The first-order valence-electron chi connectivity index (χ1n) is 6.58. The first-order chi connectivity index (χ1) is 9.37. The molecule has 2 rings (SSSR count). The normalized spacial score (nSPS) is 20.9. The van der Waals surface area contributed by atoms with Crippen LogP contribution in [0.1, 0.15) is 38.8 Å². The number of alkyl halides is 3. The van der Waals surface area contributed by atoms with Crippen molar-refractivity contribution in [2.75, 3.05) is 0 Å². The lowest BCUT2D eigenvalue weighted by molar-refractivity contribution is -0.140. The molecule has 0 amide bonds. The maximum absolute atomic E-state index is 14.0. The maximum atomic E-state index is 14.0. The van der Waals surface area contributed by atoms with Gasteiger partial charge in [-0.2, -0.15) is 13.2 Å². The van der Waals surface area contributed by atoms with Gasteiger partial charge in [-0.3, -0.25) is 0 Å². The molecule has 0 aliphatic carbocycles. The second-order valence-corrected chi connectivity index (χ2v) is 6.23. The van der Waals surface area contributed by atoms with Gasteiger partial charge in [-0.25, -0.2) is 4.39 Å². The van der Waals surface area contributed by atoms with E-state index in [1.54, 1.807) is 0 Å². The van der Waals surface area contributed by atoms with E-state index in [1.807, 2.05) is 27.7 Å². The molecule has 0 N–H and O–H groups in total. The molecule has 1 aliphatic heterocycles. The standard InChI is InChI=1S/C14H17BF4O2/c1-8-10(7-6-9(11(8)16)14(17,18)19)15-20-12(2,3)13(4,5)21-15/h6-7H,1-5H3. The summed E-state index contributed by atoms with van der Waals surface area (Å²) >= 11 is 0. The van der Waals surface area contributed by atoms with Crippen LogP contribution in [0.4, 0.5) is 17.6 Å². The number of hydrogen-bond donors (Lipinski definition) is 0. The summed E-state index contributed by atoms with van der Waals surface area (Å²) in [4.78, 5) is 0. The molecule has 0 aromatic heterocycles. The summed E-state index contributed by atoms with van der Waals surface area (Å²) in [5.74, 6) is -1.28. The molecule has 0 bridgehead atoms. The highest BCUT2D eigenvalue weighted by atomic mass is 19.4. The Kier molecular flexibility index (Phi) is 3.66. The van der Waals surface area contributed by atoms with Crippen LogP contribution in [0, 0.1) is 12.7 Å². The zero-order valence-electron chi connectivity index (χ0n) is 12.6. The van der Waals surface area contributed by atoms with Crippen molar-refractivity contribution in [3.63, 3.8) is 0 Å². The van der Waals surface area contributed by atoms with Crippen molar-refractivity contribution in [3.8, 4) is 0 Å². The molecule has 21 heavy (non-hydrogen) atoms. The van der Waals surface area contributed by atoms with Gasteiger partial charge in [0.2, 0.25) is 0 Å². The Hall–Kier alpha value is -1.08. The van der Waals surface area contributed by atoms with Crippen molar-refractivity contribution >= 4 is 12.6 Å². The molecule has 0 radical (unpaired) electrons. The molecule has 1 aliphatic rings. The van der Waals surface area contributed by atoms with Crippen molar-refractivity contribution in [1.82, 2.24) is 0 Å². The Morgan fingerprint density at radius 2 is 1.48 bits per heavy atom. The minimum Gasteiger partial charge on any atom is -0.399 e. The lowest BCUT2D eigenvalue weighted by atomic mass is 9.75. The largest absolute Gasteiger partial charge is 0.495 e. The van der Waals surface area contributed by atoms with Gasteiger partial charge in [0, 0.05) is 0 Å². The quantitative estimate of drug-likeness (QED) is 0.584. The zero-order valence-corrected chi connectivity index (χ0v) is 12.6. The van der Waals surface area contributed by atoms with Crippen LogP contribution in [-0.4, -0.2) is 18.3 Å². The van der Waals surface area contributed by atoms with Gasteiger partial charge in [-0.15, -0.1) is 0 Å². The van der Waals surface area contributed by atoms with Gasteiger partial charge >= 0.3 is 13.3 Å². The summed E-state index contributed by atoms with van der Waals surface area (Å²) in [6.07, 6.45) is -4.72. The average Bonchev–Trinajstić information content (AvgIpc) is 2.50. The summed E-state index contributed by atoms with van der Waals surface area (Å²) < 4.78 is 63.5. The molecule has 7 heteroatoms. The predicted molar refractivity (Wildman–Crippen MR) is 71.9 cm³/mol. The van der Waals surface area contributed by atoms with E-state index in [4.69, 9.17) is 9.31 Å². The number of benzene rings is 1. The molecule has 2 nitrogen and oxygen atoms in total. The summed E-state index contributed by atoms with van der Waals surface area (Å²) in [5, 5.41) is 0. The monoisotopic (exact) mass is 304 g/mol. The highest BCUT2D eigenvalue weighted by Crippen LogP contribution is 2.37. The van der Waals surface area contributed by atoms with E-state index in [0.29, 0.717) is 0 Å². The Labute approximate surface area is 121 Å². The van der Waals surface area contributed by atoms with E-state index in [2.05, 4.69) is 0 Å². The smallest absolute Gasteiger partial charge is 0.399 e. The zero-order chi connectivity index (χ0) is 16.2. The van der Waals surface area contributed by atoms with Crippen molar-refractivity contribution < 1.29 is 26.9 Å². The van der Waals surface area contributed by atoms with Gasteiger partial charge in [-0.1, -0.05) is 6.07 Å². The Morgan fingerprint density at radius 1 is 1.00 bits per heavy atom. The SMILES string of the molecule is Cc1c(B2OC(C)(C)C(C)(C)O2)ccc(C(F)(F)F)c1F. The molecule has 1 aromatic carbocycles. The third kappa shape index (κ3) is 2.69. The predicted octanol–water partition coefficient (Wildman–Crippen LogP) is 3.45. The minimum atomic E-state index is -4.72. The summed E-state index contributed by atoms with van der Waals surface area (Å²) in [5.41, 5.74) is -2.38. The van der Waals surface area contributed by atoms with Crippen LogP contribution in [0.3, 0.4) is 0 Å². The molecule has 0 saturated carbocycles. The fourth-order valence-electron chi connectivity index (χ4n) is 2.14. The van der Waals surface area contributed by atoms with Gasteiger partial charge < -0.3 is 9.31 Å². The molecule has 0 atom stereocenters. The van der Waals surface area contributed by atoms with E-state index >= 15 is 0 Å². The van der Waals surface area contributed by atoms with Crippen LogP contribution >= 0.6 is 0 Å². The fourth-order valence-corrected chi connectivity index (χ4v) is 2.14. The number of rotatable bonds is 1. The molecular weight excluding hydrogens is 287 g/mol. The van der Waals surface area contributed by atoms with Crippen LogP contribution in [0.15, 0.2) is 12.1 Å². The van der Waals surface area contributed by atoms with Crippen LogP contribution in [0.5, 0.6) is 0 Å². The van der Waals surface area contributed by atoms with Crippen LogP contribution in [0.25, 0.3) is 0 Å². The van der Waals surface area contributed by atoms with Crippen LogP contribution < -0.4 is 5.46 Å². The molecule has 1 heterocycles. The number of hydrogen-bond acceptors (Lipinski definition) is 2. The van der Waals surface area contributed by atoms with Crippen LogP contribution in [0.2, 0.25) is 0 Å². The van der Waals surface area contributed by atoms with Gasteiger partial charge in [0.15, 0.2) is 0 Å². The third-order valence-electron chi connectivity index (χ3n) is 4.24. The van der Waals surface area contributed by atoms with Gasteiger partial charge in [-0.05, 0) is 51.7 Å². The maximum Gasteiger partial charge on any atom is 0.495 e. The highest BCUT2D eigenvalue weighted by Gasteiger charge is 2.52. The molecule has 1 aromatic rings. The lowest BCUT2D eigenvalue weighted by Crippen LogP contribution is -2.41. The Morgan fingerprint density at radius 3 is 1.90 bits per heavy atom. The molecule has 1 fully saturated rings. The molecule has 1 saturated heterocycles. The van der Waals surface area contributed by atoms with Gasteiger partial charge in [0.25, 0.3) is 0 Å². The van der Waals surface area contributed by atoms with Crippen molar-refractivity contribution in [1.29, 1.82) is 0 Å². The van der Waals surface area contributed by atoms with E-state index in [1.165, 1.54) is 13.0 Å². The molecule has 0 spiro atoms. The lowest BCUT2D eigenvalue weighted by Gasteiger charge is -2.32. The van der Waals surface area contributed by atoms with Crippen LogP contribution in [-0.2, 0) is 15.5 Å². The van der Waals surface area contributed by atoms with Gasteiger partial charge in [0.1, 0.15) is 5.82 Å². The second-order valence-electron chi connectivity index (χ2n) is 6.23. The first-order valence-corrected chi connectivity index (χ1v) is 6.58. The molecular formula is C14H17BF4O2. The summed E-state index contributed by atoms with van der Waals surface area (Å²) in [6.45, 7) is 8.59. The highest BCUT2D eigenvalue weighted by molar-refractivity contribution is 6.62. The van der Waals surface area contributed by atoms with E-state index in [9.17, 15) is 17.6 Å². The average molecular weight is 304 g/mol.